The predicted octanol–water partition coefficient (Wildman–Crippen LogP) is 3.15. The summed E-state index contributed by atoms with van der Waals surface area (Å²) in [4.78, 5) is 4.12. The van der Waals surface area contributed by atoms with Gasteiger partial charge in [-0.2, -0.15) is 0 Å². The van der Waals surface area contributed by atoms with Gasteiger partial charge < -0.3 is 4.74 Å². The van der Waals surface area contributed by atoms with Gasteiger partial charge in [0.1, 0.15) is 15.0 Å². The van der Waals surface area contributed by atoms with E-state index in [0.29, 0.717) is 6.10 Å². The van der Waals surface area contributed by atoms with Crippen molar-refractivity contribution in [1.82, 2.24) is 4.98 Å². The van der Waals surface area contributed by atoms with E-state index in [1.807, 2.05) is 12.1 Å². The molecule has 0 unspecified atom stereocenters. The normalized spacial score (nSPS) is 16.2. The van der Waals surface area contributed by atoms with Crippen molar-refractivity contribution in [2.24, 2.45) is 0 Å². The molecule has 1 aliphatic carbocycles. The molecule has 1 fully saturated rings. The number of ether oxygens (including phenoxy) is 1. The van der Waals surface area contributed by atoms with Gasteiger partial charge >= 0.3 is 0 Å². The Balaban J connectivity index is 2.18. The van der Waals surface area contributed by atoms with Crippen LogP contribution in [0.1, 0.15) is 12.8 Å². The summed E-state index contributed by atoms with van der Waals surface area (Å²) in [6, 6.07) is 3.76. The first-order chi connectivity index (χ1) is 5.74. The van der Waals surface area contributed by atoms with Crippen molar-refractivity contribution in [2.45, 2.75) is 18.9 Å². The second-order valence-corrected chi connectivity index (χ2v) is 4.39. The number of nitrogens with zero attached hydrogens (tertiary/aromatic N) is 1. The van der Waals surface area contributed by atoms with E-state index in [0.717, 1.165) is 15.0 Å². The lowest BCUT2D eigenvalue weighted by molar-refractivity contribution is 0.302. The van der Waals surface area contributed by atoms with Crippen LogP contribution in [0.15, 0.2) is 21.3 Å². The summed E-state index contributed by atoms with van der Waals surface area (Å²) in [6.07, 6.45) is 2.79. The Bertz CT molecular complexity index is 279. The van der Waals surface area contributed by atoms with Crippen molar-refractivity contribution in [2.75, 3.05) is 0 Å². The van der Waals surface area contributed by atoms with Crippen molar-refractivity contribution in [3.8, 4) is 5.75 Å². The van der Waals surface area contributed by atoms with Gasteiger partial charge in [-0.25, -0.2) is 4.98 Å². The number of rotatable bonds is 2. The third-order valence-electron chi connectivity index (χ3n) is 1.56. The lowest BCUT2D eigenvalue weighted by Crippen LogP contribution is -1.96. The molecule has 1 aliphatic rings. The van der Waals surface area contributed by atoms with Gasteiger partial charge in [-0.15, -0.1) is 0 Å². The van der Waals surface area contributed by atoms with Crippen LogP contribution in [0.2, 0.25) is 0 Å². The van der Waals surface area contributed by atoms with E-state index in [-0.39, 0.29) is 0 Å². The zero-order valence-corrected chi connectivity index (χ0v) is 9.43. The Labute approximate surface area is 87.6 Å². The highest BCUT2D eigenvalue weighted by atomic mass is 79.9. The van der Waals surface area contributed by atoms with E-state index in [2.05, 4.69) is 36.8 Å². The number of aromatic nitrogens is 1. The average molecular weight is 293 g/mol. The first-order valence-corrected chi connectivity index (χ1v) is 5.32. The molecule has 1 heterocycles. The molecule has 0 atom stereocenters. The standard InChI is InChI=1S/C8H7Br2NO/c9-7-3-6(4-8(10)11-7)12-5-1-2-5/h3-5H,1-2H2. The molecular weight excluding hydrogens is 286 g/mol. The molecule has 0 N–H and O–H groups in total. The smallest absolute Gasteiger partial charge is 0.125 e. The molecule has 1 aromatic heterocycles. The molecule has 0 aromatic carbocycles. The van der Waals surface area contributed by atoms with Gasteiger partial charge in [-0.1, -0.05) is 0 Å². The fourth-order valence-electron chi connectivity index (χ4n) is 0.889. The van der Waals surface area contributed by atoms with Gasteiger partial charge in [0.15, 0.2) is 0 Å². The molecule has 0 aliphatic heterocycles. The Hall–Kier alpha value is -0.0900. The molecule has 12 heavy (non-hydrogen) atoms. The van der Waals surface area contributed by atoms with Crippen LogP contribution in [0, 0.1) is 0 Å². The Morgan fingerprint density at radius 3 is 2.33 bits per heavy atom. The summed E-state index contributed by atoms with van der Waals surface area (Å²) in [6.45, 7) is 0. The Kier molecular flexibility index (Phi) is 2.37. The zero-order valence-electron chi connectivity index (χ0n) is 6.26. The molecule has 1 saturated carbocycles. The fraction of sp³-hybridized carbons (Fsp3) is 0.375. The maximum absolute atomic E-state index is 5.59. The van der Waals surface area contributed by atoms with Crippen LogP contribution in [0.4, 0.5) is 0 Å². The molecule has 4 heteroatoms. The van der Waals surface area contributed by atoms with Crippen LogP contribution < -0.4 is 4.74 Å². The highest BCUT2D eigenvalue weighted by Gasteiger charge is 2.23. The van der Waals surface area contributed by atoms with Crippen LogP contribution in [-0.4, -0.2) is 11.1 Å². The molecule has 0 saturated heterocycles. The SMILES string of the molecule is Brc1cc(OC2CC2)cc(Br)n1. The van der Waals surface area contributed by atoms with Crippen LogP contribution in [0.5, 0.6) is 5.75 Å². The number of pyridine rings is 1. The van der Waals surface area contributed by atoms with Gasteiger partial charge in [-0.05, 0) is 44.7 Å². The summed E-state index contributed by atoms with van der Waals surface area (Å²) in [5, 5.41) is 0. The molecule has 2 nitrogen and oxygen atoms in total. The van der Waals surface area contributed by atoms with Crippen LogP contribution in [-0.2, 0) is 0 Å². The first kappa shape index (κ1) is 8.51. The van der Waals surface area contributed by atoms with Crippen molar-refractivity contribution >= 4 is 31.9 Å². The maximum atomic E-state index is 5.59. The van der Waals surface area contributed by atoms with E-state index >= 15 is 0 Å². The molecule has 0 bridgehead atoms. The molecular formula is C8H7Br2NO. The van der Waals surface area contributed by atoms with Crippen molar-refractivity contribution < 1.29 is 4.74 Å². The first-order valence-electron chi connectivity index (χ1n) is 3.74. The van der Waals surface area contributed by atoms with Crippen molar-refractivity contribution in [1.29, 1.82) is 0 Å². The second-order valence-electron chi connectivity index (χ2n) is 2.77. The lowest BCUT2D eigenvalue weighted by atomic mass is 10.4. The van der Waals surface area contributed by atoms with E-state index in [9.17, 15) is 0 Å². The Morgan fingerprint density at radius 1 is 1.25 bits per heavy atom. The van der Waals surface area contributed by atoms with E-state index < -0.39 is 0 Å². The van der Waals surface area contributed by atoms with Crippen molar-refractivity contribution in [3.63, 3.8) is 0 Å². The Morgan fingerprint density at radius 2 is 1.83 bits per heavy atom. The minimum atomic E-state index is 0.436. The number of hydrogen-bond donors (Lipinski definition) is 0. The zero-order chi connectivity index (χ0) is 8.55. The van der Waals surface area contributed by atoms with E-state index in [4.69, 9.17) is 4.74 Å². The number of hydrogen-bond acceptors (Lipinski definition) is 2. The van der Waals surface area contributed by atoms with Gasteiger partial charge in [0, 0.05) is 12.1 Å². The maximum Gasteiger partial charge on any atom is 0.125 e. The molecule has 1 aromatic rings. The second kappa shape index (κ2) is 3.34. The summed E-state index contributed by atoms with van der Waals surface area (Å²) in [5.74, 6) is 0.881. The largest absolute Gasteiger partial charge is 0.490 e. The van der Waals surface area contributed by atoms with E-state index in [1.165, 1.54) is 12.8 Å². The topological polar surface area (TPSA) is 22.1 Å². The minimum absolute atomic E-state index is 0.436. The summed E-state index contributed by atoms with van der Waals surface area (Å²) in [7, 11) is 0. The molecule has 64 valence electrons. The quantitative estimate of drug-likeness (QED) is 0.781. The average Bonchev–Trinajstić information content (AvgIpc) is 2.68. The third-order valence-corrected chi connectivity index (χ3v) is 2.38. The number of halogens is 2. The van der Waals surface area contributed by atoms with Gasteiger partial charge in [0.05, 0.1) is 6.10 Å². The minimum Gasteiger partial charge on any atom is -0.490 e. The van der Waals surface area contributed by atoms with Crippen LogP contribution >= 0.6 is 31.9 Å². The third kappa shape index (κ3) is 2.20. The summed E-state index contributed by atoms with van der Waals surface area (Å²) < 4.78 is 7.18. The van der Waals surface area contributed by atoms with Crippen molar-refractivity contribution in [3.05, 3.63) is 21.3 Å². The summed E-state index contributed by atoms with van der Waals surface area (Å²) in [5.41, 5.74) is 0. The van der Waals surface area contributed by atoms with Gasteiger partial charge in [-0.3, -0.25) is 0 Å². The molecule has 2 rings (SSSR count). The van der Waals surface area contributed by atoms with Crippen LogP contribution in [0.3, 0.4) is 0 Å². The highest BCUT2D eigenvalue weighted by molar-refractivity contribution is 9.11. The monoisotopic (exact) mass is 291 g/mol. The molecule has 0 amide bonds. The van der Waals surface area contributed by atoms with Gasteiger partial charge in [0.25, 0.3) is 0 Å². The highest BCUT2D eigenvalue weighted by Crippen LogP contribution is 2.29. The molecule has 0 radical (unpaired) electrons. The predicted molar refractivity (Wildman–Crippen MR) is 53.3 cm³/mol. The van der Waals surface area contributed by atoms with Gasteiger partial charge in [0.2, 0.25) is 0 Å². The molecule has 0 spiro atoms. The van der Waals surface area contributed by atoms with E-state index in [1.54, 1.807) is 0 Å². The lowest BCUT2D eigenvalue weighted by Gasteiger charge is -2.04. The summed E-state index contributed by atoms with van der Waals surface area (Å²) >= 11 is 6.60. The van der Waals surface area contributed by atoms with Crippen LogP contribution in [0.25, 0.3) is 0 Å². The fourth-order valence-corrected chi connectivity index (χ4v) is 1.96.